The van der Waals surface area contributed by atoms with Crippen LogP contribution in [0.5, 0.6) is 0 Å². The molecule has 7 heteroatoms. The fraction of sp³-hybridized carbons (Fsp3) is 0.222. The van der Waals surface area contributed by atoms with E-state index in [0.29, 0.717) is 18.5 Å². The number of hydrogen-bond acceptors (Lipinski definition) is 3. The van der Waals surface area contributed by atoms with Crippen molar-refractivity contribution in [2.45, 2.75) is 11.3 Å². The molecule has 0 aliphatic carbocycles. The van der Waals surface area contributed by atoms with E-state index in [-0.39, 0.29) is 23.2 Å². The summed E-state index contributed by atoms with van der Waals surface area (Å²) in [6.07, 6.45) is 0.673. The van der Waals surface area contributed by atoms with E-state index in [0.717, 1.165) is 5.56 Å². The van der Waals surface area contributed by atoms with Gasteiger partial charge in [0.1, 0.15) is 0 Å². The lowest BCUT2D eigenvalue weighted by molar-refractivity contribution is 0.0946. The maximum Gasteiger partial charge on any atom is 0.294 e. The Morgan fingerprint density at radius 3 is 2.62 bits per heavy atom. The normalized spacial score (nSPS) is 14.7. The molecule has 16 heavy (non-hydrogen) atoms. The average Bonchev–Trinajstić information content (AvgIpc) is 2.16. The first-order valence-electron chi connectivity index (χ1n) is 4.37. The van der Waals surface area contributed by atoms with Crippen LogP contribution in [0.15, 0.2) is 23.1 Å². The quantitative estimate of drug-likeness (QED) is 0.729. The zero-order valence-corrected chi connectivity index (χ0v) is 9.77. The van der Waals surface area contributed by atoms with Crippen LogP contribution in [0.4, 0.5) is 0 Å². The van der Waals surface area contributed by atoms with Crippen LogP contribution in [0.2, 0.25) is 0 Å². The van der Waals surface area contributed by atoms with Crippen LogP contribution in [0.25, 0.3) is 0 Å². The summed E-state index contributed by atoms with van der Waals surface area (Å²) in [5.41, 5.74) is 1.11. The largest absolute Gasteiger partial charge is 0.352 e. The van der Waals surface area contributed by atoms with Gasteiger partial charge in [-0.15, -0.1) is 12.4 Å². The van der Waals surface area contributed by atoms with Crippen LogP contribution < -0.4 is 5.32 Å². The highest BCUT2D eigenvalue weighted by molar-refractivity contribution is 7.85. The van der Waals surface area contributed by atoms with Crippen LogP contribution in [0.1, 0.15) is 15.9 Å². The lowest BCUT2D eigenvalue weighted by atomic mass is 10.0. The van der Waals surface area contributed by atoms with E-state index in [2.05, 4.69) is 5.32 Å². The molecular formula is C9H10ClNO4S. The summed E-state index contributed by atoms with van der Waals surface area (Å²) in [7, 11) is -4.24. The van der Waals surface area contributed by atoms with E-state index in [9.17, 15) is 13.2 Å². The van der Waals surface area contributed by atoms with E-state index in [4.69, 9.17) is 4.55 Å². The van der Waals surface area contributed by atoms with Gasteiger partial charge in [0.15, 0.2) is 0 Å². The van der Waals surface area contributed by atoms with Gasteiger partial charge in [0.05, 0.1) is 4.90 Å². The Balaban J connectivity index is 0.00000128. The van der Waals surface area contributed by atoms with Crippen molar-refractivity contribution in [2.24, 2.45) is 0 Å². The van der Waals surface area contributed by atoms with Crippen LogP contribution in [-0.4, -0.2) is 25.4 Å². The topological polar surface area (TPSA) is 83.5 Å². The second-order valence-corrected chi connectivity index (χ2v) is 4.72. The first-order valence-corrected chi connectivity index (χ1v) is 5.81. The number of amides is 1. The van der Waals surface area contributed by atoms with Crippen molar-refractivity contribution in [1.82, 2.24) is 5.32 Å². The van der Waals surface area contributed by atoms with Gasteiger partial charge in [0, 0.05) is 12.1 Å². The van der Waals surface area contributed by atoms with Gasteiger partial charge >= 0.3 is 0 Å². The molecule has 1 aliphatic heterocycles. The van der Waals surface area contributed by atoms with Crippen LogP contribution in [0, 0.1) is 0 Å². The highest BCUT2D eigenvalue weighted by atomic mass is 35.5. The number of benzene rings is 1. The smallest absolute Gasteiger partial charge is 0.294 e. The van der Waals surface area contributed by atoms with Crippen molar-refractivity contribution >= 4 is 28.4 Å². The van der Waals surface area contributed by atoms with Crippen LogP contribution in [-0.2, 0) is 16.5 Å². The molecule has 0 spiro atoms. The number of halogens is 1. The molecule has 88 valence electrons. The second-order valence-electron chi connectivity index (χ2n) is 3.30. The van der Waals surface area contributed by atoms with Gasteiger partial charge in [-0.2, -0.15) is 8.42 Å². The van der Waals surface area contributed by atoms with E-state index in [1.807, 2.05) is 0 Å². The Morgan fingerprint density at radius 1 is 1.31 bits per heavy atom. The maximum absolute atomic E-state index is 11.4. The fourth-order valence-corrected chi connectivity index (χ4v) is 2.06. The minimum atomic E-state index is -4.24. The summed E-state index contributed by atoms with van der Waals surface area (Å²) < 4.78 is 30.5. The van der Waals surface area contributed by atoms with Gasteiger partial charge in [0.25, 0.3) is 16.0 Å². The molecule has 1 aliphatic rings. The molecule has 0 fully saturated rings. The van der Waals surface area contributed by atoms with Gasteiger partial charge in [-0.3, -0.25) is 9.35 Å². The molecule has 0 saturated carbocycles. The first-order chi connectivity index (χ1) is 6.98. The van der Waals surface area contributed by atoms with E-state index in [1.54, 1.807) is 6.07 Å². The third-order valence-electron chi connectivity index (χ3n) is 2.30. The van der Waals surface area contributed by atoms with Crippen molar-refractivity contribution in [3.05, 3.63) is 29.3 Å². The summed E-state index contributed by atoms with van der Waals surface area (Å²) in [5.74, 6) is -0.304. The molecule has 1 aromatic rings. The zero-order chi connectivity index (χ0) is 11.1. The average molecular weight is 264 g/mol. The zero-order valence-electron chi connectivity index (χ0n) is 8.13. The van der Waals surface area contributed by atoms with E-state index >= 15 is 0 Å². The van der Waals surface area contributed by atoms with Crippen molar-refractivity contribution in [2.75, 3.05) is 6.54 Å². The summed E-state index contributed by atoms with van der Waals surface area (Å²) in [5, 5.41) is 2.60. The maximum atomic E-state index is 11.4. The summed E-state index contributed by atoms with van der Waals surface area (Å²) in [4.78, 5) is 11.1. The van der Waals surface area contributed by atoms with E-state index in [1.165, 1.54) is 12.1 Å². The monoisotopic (exact) mass is 263 g/mol. The molecule has 0 atom stereocenters. The molecular weight excluding hydrogens is 254 g/mol. The molecule has 1 aromatic carbocycles. The molecule has 2 N–H and O–H groups in total. The fourth-order valence-electron chi connectivity index (χ4n) is 1.55. The summed E-state index contributed by atoms with van der Waals surface area (Å²) >= 11 is 0. The lowest BCUT2D eigenvalue weighted by Crippen LogP contribution is -2.31. The lowest BCUT2D eigenvalue weighted by Gasteiger charge is -2.16. The predicted molar refractivity (Wildman–Crippen MR) is 59.5 cm³/mol. The number of fused-ring (bicyclic) bond motifs is 1. The highest BCUT2D eigenvalue weighted by Crippen LogP contribution is 2.18. The SMILES string of the molecule is Cl.O=C1NCCc2ccc(S(=O)(=O)O)cc21. The molecule has 0 unspecified atom stereocenters. The molecule has 1 heterocycles. The summed E-state index contributed by atoms with van der Waals surface area (Å²) in [6, 6.07) is 4.04. The number of carbonyl (C=O) groups is 1. The number of nitrogens with one attached hydrogen (secondary N) is 1. The van der Waals surface area contributed by atoms with Crippen molar-refractivity contribution in [3.63, 3.8) is 0 Å². The van der Waals surface area contributed by atoms with Crippen molar-refractivity contribution in [1.29, 1.82) is 0 Å². The van der Waals surface area contributed by atoms with Gasteiger partial charge in [-0.1, -0.05) is 6.07 Å². The molecule has 0 bridgehead atoms. The molecule has 0 saturated heterocycles. The van der Waals surface area contributed by atoms with Crippen molar-refractivity contribution < 1.29 is 17.8 Å². The van der Waals surface area contributed by atoms with E-state index < -0.39 is 10.1 Å². The Labute approximate surface area is 99.0 Å². The standard InChI is InChI=1S/C9H9NO4S.ClH/c11-9-8-5-7(15(12,13)14)2-1-6(8)3-4-10-9;/h1-2,5H,3-4H2,(H,10,11)(H,12,13,14);1H. The Hall–Kier alpha value is -1.11. The third kappa shape index (κ3) is 2.34. The third-order valence-corrected chi connectivity index (χ3v) is 3.15. The van der Waals surface area contributed by atoms with Crippen LogP contribution >= 0.6 is 12.4 Å². The number of carbonyl (C=O) groups excluding carboxylic acids is 1. The first kappa shape index (κ1) is 13.0. The molecule has 0 aromatic heterocycles. The minimum Gasteiger partial charge on any atom is -0.352 e. The molecule has 2 rings (SSSR count). The molecule has 0 radical (unpaired) electrons. The predicted octanol–water partition coefficient (Wildman–Crippen LogP) is 0.641. The number of hydrogen-bond donors (Lipinski definition) is 2. The summed E-state index contributed by atoms with van der Waals surface area (Å²) in [6.45, 7) is 0.553. The number of rotatable bonds is 1. The van der Waals surface area contributed by atoms with Crippen LogP contribution in [0.3, 0.4) is 0 Å². The Kier molecular flexibility index (Phi) is 3.57. The Morgan fingerprint density at radius 2 is 2.00 bits per heavy atom. The highest BCUT2D eigenvalue weighted by Gasteiger charge is 2.19. The minimum absolute atomic E-state index is 0. The van der Waals surface area contributed by atoms with Crippen molar-refractivity contribution in [3.8, 4) is 0 Å². The van der Waals surface area contributed by atoms with Gasteiger partial charge < -0.3 is 5.32 Å². The van der Waals surface area contributed by atoms with Gasteiger partial charge in [0.2, 0.25) is 0 Å². The molecule has 5 nitrogen and oxygen atoms in total. The molecule has 1 amide bonds. The Bertz CT molecular complexity index is 526. The van der Waals surface area contributed by atoms with Gasteiger partial charge in [-0.25, -0.2) is 0 Å². The van der Waals surface area contributed by atoms with Gasteiger partial charge in [-0.05, 0) is 24.1 Å². The second kappa shape index (κ2) is 4.40.